The predicted molar refractivity (Wildman–Crippen MR) is 68.7 cm³/mol. The smallest absolute Gasteiger partial charge is 0.242 e. The molecule has 0 aliphatic heterocycles. The molecule has 0 radical (unpaired) electrons. The quantitative estimate of drug-likeness (QED) is 0.896. The Hall–Kier alpha value is -1.82. The fourth-order valence-corrected chi connectivity index (χ4v) is 1.74. The minimum absolute atomic E-state index is 0.598. The molecular formula is C11H14ClN5O. The van der Waals surface area contributed by atoms with Gasteiger partial charge in [-0.3, -0.25) is 0 Å². The number of tetrazole rings is 1. The third-order valence-electron chi connectivity index (χ3n) is 2.37. The van der Waals surface area contributed by atoms with E-state index in [4.69, 9.17) is 16.3 Å². The van der Waals surface area contributed by atoms with Crippen molar-refractivity contribution in [2.45, 2.75) is 13.5 Å². The molecule has 96 valence electrons. The van der Waals surface area contributed by atoms with E-state index in [-0.39, 0.29) is 0 Å². The minimum Gasteiger partial charge on any atom is -0.492 e. The van der Waals surface area contributed by atoms with Crippen molar-refractivity contribution in [2.24, 2.45) is 7.05 Å². The highest BCUT2D eigenvalue weighted by molar-refractivity contribution is 6.32. The molecule has 1 heterocycles. The van der Waals surface area contributed by atoms with E-state index in [1.165, 1.54) is 0 Å². The van der Waals surface area contributed by atoms with E-state index in [1.54, 1.807) is 11.7 Å². The average Bonchev–Trinajstić information content (AvgIpc) is 2.76. The monoisotopic (exact) mass is 267 g/mol. The van der Waals surface area contributed by atoms with Gasteiger partial charge in [-0.15, -0.1) is 0 Å². The Kier molecular flexibility index (Phi) is 3.99. The van der Waals surface area contributed by atoms with E-state index in [0.29, 0.717) is 29.9 Å². The molecule has 18 heavy (non-hydrogen) atoms. The number of benzene rings is 1. The summed E-state index contributed by atoms with van der Waals surface area (Å²) in [5, 5.41) is 14.8. The van der Waals surface area contributed by atoms with Gasteiger partial charge in [0.2, 0.25) is 5.95 Å². The van der Waals surface area contributed by atoms with Crippen molar-refractivity contribution in [3.63, 3.8) is 0 Å². The zero-order valence-corrected chi connectivity index (χ0v) is 11.0. The number of anilines is 1. The van der Waals surface area contributed by atoms with E-state index in [2.05, 4.69) is 20.8 Å². The number of rotatable bonds is 5. The lowest BCUT2D eigenvalue weighted by Crippen LogP contribution is -2.05. The van der Waals surface area contributed by atoms with Gasteiger partial charge < -0.3 is 10.1 Å². The van der Waals surface area contributed by atoms with Gasteiger partial charge in [0.05, 0.1) is 11.6 Å². The zero-order chi connectivity index (χ0) is 13.0. The zero-order valence-electron chi connectivity index (χ0n) is 10.2. The molecule has 0 bridgehead atoms. The lowest BCUT2D eigenvalue weighted by atomic mass is 10.2. The molecule has 0 atom stereocenters. The largest absolute Gasteiger partial charge is 0.492 e. The third-order valence-corrected chi connectivity index (χ3v) is 2.66. The van der Waals surface area contributed by atoms with E-state index in [0.717, 1.165) is 5.56 Å². The first-order chi connectivity index (χ1) is 8.70. The molecule has 1 aromatic carbocycles. The summed E-state index contributed by atoms with van der Waals surface area (Å²) in [6.45, 7) is 3.12. The second kappa shape index (κ2) is 5.68. The molecule has 6 nitrogen and oxygen atoms in total. The van der Waals surface area contributed by atoms with Crippen molar-refractivity contribution in [1.82, 2.24) is 20.2 Å². The molecule has 0 aliphatic carbocycles. The fourth-order valence-electron chi connectivity index (χ4n) is 1.49. The van der Waals surface area contributed by atoms with Crippen LogP contribution in [0.1, 0.15) is 12.5 Å². The maximum atomic E-state index is 6.10. The van der Waals surface area contributed by atoms with Crippen molar-refractivity contribution in [3.05, 3.63) is 28.8 Å². The summed E-state index contributed by atoms with van der Waals surface area (Å²) in [5.41, 5.74) is 1.03. The predicted octanol–water partition coefficient (Wildman–Crippen LogP) is 1.87. The molecular weight excluding hydrogens is 254 g/mol. The van der Waals surface area contributed by atoms with Crippen molar-refractivity contribution < 1.29 is 4.74 Å². The Morgan fingerprint density at radius 3 is 2.89 bits per heavy atom. The standard InChI is InChI=1S/C11H14ClN5O/c1-3-18-10-5-4-8(6-9(10)12)7-13-11-14-15-16-17(11)2/h4-6H,3,7H2,1-2H3,(H,13,14,16). The Bertz CT molecular complexity index is 528. The average molecular weight is 268 g/mol. The van der Waals surface area contributed by atoms with Gasteiger partial charge in [-0.25, -0.2) is 4.68 Å². The van der Waals surface area contributed by atoms with Gasteiger partial charge >= 0.3 is 0 Å². The Morgan fingerprint density at radius 1 is 1.44 bits per heavy atom. The maximum absolute atomic E-state index is 6.10. The van der Waals surface area contributed by atoms with E-state index >= 15 is 0 Å². The summed E-state index contributed by atoms with van der Waals surface area (Å²) in [6, 6.07) is 5.68. The molecule has 0 unspecified atom stereocenters. The van der Waals surface area contributed by atoms with E-state index in [1.807, 2.05) is 25.1 Å². The van der Waals surface area contributed by atoms with Crippen LogP contribution in [0.2, 0.25) is 5.02 Å². The summed E-state index contributed by atoms with van der Waals surface area (Å²) >= 11 is 6.10. The molecule has 7 heteroatoms. The topological polar surface area (TPSA) is 64.9 Å². The molecule has 0 saturated carbocycles. The number of ether oxygens (including phenoxy) is 1. The number of aromatic nitrogens is 4. The second-order valence-corrected chi connectivity index (χ2v) is 4.08. The van der Waals surface area contributed by atoms with Crippen LogP contribution in [0.5, 0.6) is 5.75 Å². The van der Waals surface area contributed by atoms with Gasteiger partial charge in [-0.1, -0.05) is 22.8 Å². The minimum atomic E-state index is 0.598. The van der Waals surface area contributed by atoms with E-state index < -0.39 is 0 Å². The van der Waals surface area contributed by atoms with Crippen LogP contribution >= 0.6 is 11.6 Å². The molecule has 0 fully saturated rings. The van der Waals surface area contributed by atoms with Crippen molar-refractivity contribution >= 4 is 17.5 Å². The van der Waals surface area contributed by atoms with Gasteiger partial charge in [0, 0.05) is 13.6 Å². The summed E-state index contributed by atoms with van der Waals surface area (Å²) < 4.78 is 6.94. The number of nitrogens with zero attached hydrogens (tertiary/aromatic N) is 4. The van der Waals surface area contributed by atoms with Crippen LogP contribution in [0.4, 0.5) is 5.95 Å². The molecule has 2 rings (SSSR count). The third kappa shape index (κ3) is 2.89. The molecule has 0 amide bonds. The summed E-state index contributed by atoms with van der Waals surface area (Å²) in [5.74, 6) is 1.31. The molecule has 0 saturated heterocycles. The Labute approximate surface area is 110 Å². The first-order valence-corrected chi connectivity index (χ1v) is 5.96. The Balaban J connectivity index is 2.02. The summed E-state index contributed by atoms with van der Waals surface area (Å²) in [4.78, 5) is 0. The second-order valence-electron chi connectivity index (χ2n) is 3.68. The van der Waals surface area contributed by atoms with Gasteiger partial charge in [-0.2, -0.15) is 0 Å². The maximum Gasteiger partial charge on any atom is 0.242 e. The van der Waals surface area contributed by atoms with Crippen LogP contribution in [-0.4, -0.2) is 26.8 Å². The SMILES string of the molecule is CCOc1ccc(CNc2nnnn2C)cc1Cl. The van der Waals surface area contributed by atoms with Crippen molar-refractivity contribution in [3.8, 4) is 5.75 Å². The van der Waals surface area contributed by atoms with Gasteiger partial charge in [0.25, 0.3) is 0 Å². The highest BCUT2D eigenvalue weighted by Crippen LogP contribution is 2.25. The molecule has 1 aromatic heterocycles. The van der Waals surface area contributed by atoms with Crippen molar-refractivity contribution in [2.75, 3.05) is 11.9 Å². The summed E-state index contributed by atoms with van der Waals surface area (Å²) in [7, 11) is 1.77. The van der Waals surface area contributed by atoms with Crippen LogP contribution in [0.15, 0.2) is 18.2 Å². The number of hydrogen-bond donors (Lipinski definition) is 1. The first-order valence-electron chi connectivity index (χ1n) is 5.58. The first kappa shape index (κ1) is 12.6. The van der Waals surface area contributed by atoms with Gasteiger partial charge in [-0.05, 0) is 35.0 Å². The van der Waals surface area contributed by atoms with Crippen LogP contribution in [0.3, 0.4) is 0 Å². The molecule has 0 aliphatic rings. The summed E-state index contributed by atoms with van der Waals surface area (Å²) in [6.07, 6.45) is 0. The Morgan fingerprint density at radius 2 is 2.28 bits per heavy atom. The molecule has 2 aromatic rings. The lowest BCUT2D eigenvalue weighted by Gasteiger charge is -2.08. The van der Waals surface area contributed by atoms with E-state index in [9.17, 15) is 0 Å². The number of nitrogens with one attached hydrogen (secondary N) is 1. The van der Waals surface area contributed by atoms with Crippen LogP contribution in [0.25, 0.3) is 0 Å². The van der Waals surface area contributed by atoms with Crippen LogP contribution in [-0.2, 0) is 13.6 Å². The normalized spacial score (nSPS) is 10.4. The lowest BCUT2D eigenvalue weighted by molar-refractivity contribution is 0.340. The van der Waals surface area contributed by atoms with Gasteiger partial charge in [0.1, 0.15) is 5.75 Å². The van der Waals surface area contributed by atoms with Crippen molar-refractivity contribution in [1.29, 1.82) is 0 Å². The van der Waals surface area contributed by atoms with Crippen LogP contribution < -0.4 is 10.1 Å². The van der Waals surface area contributed by atoms with Crippen LogP contribution in [0, 0.1) is 0 Å². The number of hydrogen-bond acceptors (Lipinski definition) is 5. The highest BCUT2D eigenvalue weighted by Gasteiger charge is 2.04. The van der Waals surface area contributed by atoms with Gasteiger partial charge in [0.15, 0.2) is 0 Å². The fraction of sp³-hybridized carbons (Fsp3) is 0.364. The molecule has 1 N–H and O–H groups in total. The number of halogens is 1. The highest BCUT2D eigenvalue weighted by atomic mass is 35.5. The number of aryl methyl sites for hydroxylation is 1. The molecule has 0 spiro atoms.